The van der Waals surface area contributed by atoms with E-state index in [1.807, 2.05) is 6.92 Å². The van der Waals surface area contributed by atoms with Gasteiger partial charge in [0.2, 0.25) is 5.95 Å². The van der Waals surface area contributed by atoms with Crippen molar-refractivity contribution >= 4 is 22.6 Å². The summed E-state index contributed by atoms with van der Waals surface area (Å²) in [6.07, 6.45) is 2.57. The van der Waals surface area contributed by atoms with Crippen molar-refractivity contribution in [3.05, 3.63) is 5.69 Å². The molecule has 19 heavy (non-hydrogen) atoms. The first-order chi connectivity index (χ1) is 9.17. The normalized spacial score (nSPS) is 22.9. The fourth-order valence-corrected chi connectivity index (χ4v) is 3.55. The van der Waals surface area contributed by atoms with Crippen LogP contribution < -0.4 is 10.6 Å². The van der Waals surface area contributed by atoms with E-state index in [1.54, 1.807) is 0 Å². The van der Waals surface area contributed by atoms with E-state index in [4.69, 9.17) is 0 Å². The third kappa shape index (κ3) is 2.32. The van der Waals surface area contributed by atoms with Crippen LogP contribution in [0.25, 0.3) is 0 Å². The van der Waals surface area contributed by atoms with Gasteiger partial charge in [-0.05, 0) is 19.8 Å². The number of aromatic nitrogens is 2. The lowest BCUT2D eigenvalue weighted by Crippen LogP contribution is -2.27. The van der Waals surface area contributed by atoms with Gasteiger partial charge in [-0.25, -0.2) is 4.98 Å². The van der Waals surface area contributed by atoms with Crippen LogP contribution in [0, 0.1) is 0 Å². The van der Waals surface area contributed by atoms with Crippen molar-refractivity contribution in [1.29, 1.82) is 0 Å². The lowest BCUT2D eigenvalue weighted by Gasteiger charge is -2.18. The van der Waals surface area contributed by atoms with Gasteiger partial charge in [0, 0.05) is 18.7 Å². The van der Waals surface area contributed by atoms with Gasteiger partial charge in [-0.3, -0.25) is 4.21 Å². The van der Waals surface area contributed by atoms with E-state index in [-0.39, 0.29) is 12.1 Å². The quantitative estimate of drug-likeness (QED) is 0.729. The summed E-state index contributed by atoms with van der Waals surface area (Å²) in [5, 5.41) is 15.8. The average Bonchev–Trinajstić information content (AvgIpc) is 3.07. The highest BCUT2D eigenvalue weighted by Gasteiger charge is 2.43. The van der Waals surface area contributed by atoms with Crippen LogP contribution in [0.2, 0.25) is 0 Å². The molecule has 7 heteroatoms. The van der Waals surface area contributed by atoms with Crippen LogP contribution in [0.5, 0.6) is 0 Å². The molecule has 1 saturated carbocycles. The Morgan fingerprint density at radius 1 is 1.42 bits per heavy atom. The number of aryl methyl sites for hydroxylation is 1. The molecular weight excluding hydrogens is 264 g/mol. The van der Waals surface area contributed by atoms with Crippen LogP contribution in [-0.4, -0.2) is 43.7 Å². The minimum absolute atomic E-state index is 0.0783. The first-order valence-corrected chi connectivity index (χ1v) is 7.91. The van der Waals surface area contributed by atoms with Gasteiger partial charge in [-0.1, -0.05) is 0 Å². The molecule has 1 unspecified atom stereocenters. The molecule has 0 aromatic carbocycles. The molecule has 0 radical (unpaired) electrons. The highest BCUT2D eigenvalue weighted by Crippen LogP contribution is 2.40. The number of hydrogen-bond donors (Lipinski definition) is 3. The van der Waals surface area contributed by atoms with Crippen molar-refractivity contribution in [2.24, 2.45) is 0 Å². The van der Waals surface area contributed by atoms with Gasteiger partial charge in [0.05, 0.1) is 28.6 Å². The number of nitrogens with zero attached hydrogens (tertiary/aromatic N) is 2. The average molecular weight is 282 g/mol. The standard InChI is InChI=1S/C12H18N4O2S/c1-2-13-11-14-8-3-6-19(18)9(8)10(15-11)16-12(7-17)4-5-12/h17H,2-7H2,1H3,(H2,13,14,15,16). The second-order valence-electron chi connectivity index (χ2n) is 5.07. The summed E-state index contributed by atoms with van der Waals surface area (Å²) in [4.78, 5) is 9.56. The van der Waals surface area contributed by atoms with E-state index >= 15 is 0 Å². The number of fused-ring (bicyclic) bond motifs is 1. The van der Waals surface area contributed by atoms with E-state index < -0.39 is 10.8 Å². The predicted molar refractivity (Wildman–Crippen MR) is 73.8 cm³/mol. The summed E-state index contributed by atoms with van der Waals surface area (Å²) in [7, 11) is -1.03. The SMILES string of the molecule is CCNc1nc2c(c(NC3(CO)CC3)n1)S(=O)CC2. The Kier molecular flexibility index (Phi) is 3.18. The maximum Gasteiger partial charge on any atom is 0.224 e. The Labute approximate surface area is 114 Å². The summed E-state index contributed by atoms with van der Waals surface area (Å²) in [5.74, 6) is 1.81. The van der Waals surface area contributed by atoms with Crippen LogP contribution in [-0.2, 0) is 17.2 Å². The van der Waals surface area contributed by atoms with Crippen LogP contribution in [0.4, 0.5) is 11.8 Å². The lowest BCUT2D eigenvalue weighted by molar-refractivity contribution is 0.265. The zero-order valence-corrected chi connectivity index (χ0v) is 11.7. The van der Waals surface area contributed by atoms with Gasteiger partial charge < -0.3 is 15.7 Å². The highest BCUT2D eigenvalue weighted by atomic mass is 32.2. The smallest absolute Gasteiger partial charge is 0.224 e. The molecule has 6 nitrogen and oxygen atoms in total. The van der Waals surface area contributed by atoms with E-state index in [9.17, 15) is 9.32 Å². The van der Waals surface area contributed by atoms with Crippen LogP contribution >= 0.6 is 0 Å². The summed E-state index contributed by atoms with van der Waals surface area (Å²) in [5.41, 5.74) is 0.596. The molecule has 3 N–H and O–H groups in total. The van der Waals surface area contributed by atoms with E-state index in [0.29, 0.717) is 17.5 Å². The second kappa shape index (κ2) is 4.72. The third-order valence-electron chi connectivity index (χ3n) is 3.56. The lowest BCUT2D eigenvalue weighted by atomic mass is 10.2. The Bertz CT molecular complexity index is 531. The second-order valence-corrected chi connectivity index (χ2v) is 6.57. The monoisotopic (exact) mass is 282 g/mol. The molecule has 2 heterocycles. The number of rotatable bonds is 5. The number of nitrogens with one attached hydrogen (secondary N) is 2. The van der Waals surface area contributed by atoms with Gasteiger partial charge in [-0.15, -0.1) is 0 Å². The first kappa shape index (κ1) is 12.8. The fraction of sp³-hybridized carbons (Fsp3) is 0.667. The summed E-state index contributed by atoms with van der Waals surface area (Å²) >= 11 is 0. The summed E-state index contributed by atoms with van der Waals surface area (Å²) in [6.45, 7) is 2.80. The molecule has 0 spiro atoms. The zero-order valence-electron chi connectivity index (χ0n) is 10.9. The van der Waals surface area contributed by atoms with Crippen molar-refractivity contribution in [2.45, 2.75) is 36.6 Å². The van der Waals surface area contributed by atoms with Gasteiger partial charge >= 0.3 is 0 Å². The van der Waals surface area contributed by atoms with Gasteiger partial charge in [-0.2, -0.15) is 4.98 Å². The molecule has 1 fully saturated rings. The molecule has 104 valence electrons. The van der Waals surface area contributed by atoms with Gasteiger partial charge in [0.25, 0.3) is 0 Å². The molecule has 2 aliphatic rings. The van der Waals surface area contributed by atoms with E-state index in [0.717, 1.165) is 36.4 Å². The minimum atomic E-state index is -1.03. The molecule has 1 aliphatic heterocycles. The van der Waals surface area contributed by atoms with Crippen LogP contribution in [0.3, 0.4) is 0 Å². The molecule has 1 aromatic heterocycles. The molecule has 1 aromatic rings. The molecule has 1 aliphatic carbocycles. The minimum Gasteiger partial charge on any atom is -0.394 e. The summed E-state index contributed by atoms with van der Waals surface area (Å²) < 4.78 is 12.1. The Balaban J connectivity index is 1.98. The molecule has 0 bridgehead atoms. The van der Waals surface area contributed by atoms with Crippen LogP contribution in [0.1, 0.15) is 25.5 Å². The van der Waals surface area contributed by atoms with Crippen molar-refractivity contribution in [2.75, 3.05) is 29.5 Å². The van der Waals surface area contributed by atoms with Crippen LogP contribution in [0.15, 0.2) is 4.90 Å². The van der Waals surface area contributed by atoms with E-state index in [2.05, 4.69) is 20.6 Å². The zero-order chi connectivity index (χ0) is 13.5. The largest absolute Gasteiger partial charge is 0.394 e. The number of anilines is 2. The molecule has 0 saturated heterocycles. The maximum atomic E-state index is 12.1. The molecule has 0 amide bonds. The highest BCUT2D eigenvalue weighted by molar-refractivity contribution is 7.85. The van der Waals surface area contributed by atoms with Gasteiger partial charge in [0.1, 0.15) is 10.7 Å². The van der Waals surface area contributed by atoms with Gasteiger partial charge in [0.15, 0.2) is 0 Å². The Hall–Kier alpha value is -1.21. The molecular formula is C12H18N4O2S. The van der Waals surface area contributed by atoms with Crippen molar-refractivity contribution < 1.29 is 9.32 Å². The molecule has 3 rings (SSSR count). The Morgan fingerprint density at radius 2 is 2.21 bits per heavy atom. The third-order valence-corrected chi connectivity index (χ3v) is 5.02. The number of hydrogen-bond acceptors (Lipinski definition) is 6. The topological polar surface area (TPSA) is 87.1 Å². The maximum absolute atomic E-state index is 12.1. The molecule has 1 atom stereocenters. The fourth-order valence-electron chi connectivity index (χ4n) is 2.24. The first-order valence-electron chi connectivity index (χ1n) is 6.59. The summed E-state index contributed by atoms with van der Waals surface area (Å²) in [6, 6.07) is 0. The van der Waals surface area contributed by atoms with Crippen molar-refractivity contribution in [3.8, 4) is 0 Å². The van der Waals surface area contributed by atoms with Crippen molar-refractivity contribution in [1.82, 2.24) is 9.97 Å². The number of aliphatic hydroxyl groups is 1. The predicted octanol–water partition coefficient (Wildman–Crippen LogP) is 0.509. The van der Waals surface area contributed by atoms with Crippen molar-refractivity contribution in [3.63, 3.8) is 0 Å². The van der Waals surface area contributed by atoms with E-state index in [1.165, 1.54) is 0 Å². The Morgan fingerprint density at radius 3 is 2.84 bits per heavy atom. The number of aliphatic hydroxyl groups excluding tert-OH is 1.